The number of nitriles is 1. The maximum Gasteiger partial charge on any atom is 0.326 e. The molecule has 5 aromatic rings. The Kier molecular flexibility index (Phi) is 5.85. The monoisotopic (exact) mass is 472 g/mol. The Morgan fingerprint density at radius 1 is 1.11 bits per heavy atom. The second kappa shape index (κ2) is 9.26. The van der Waals surface area contributed by atoms with Crippen LogP contribution in [0.25, 0.3) is 28.2 Å². The van der Waals surface area contributed by atoms with Crippen molar-refractivity contribution in [2.75, 3.05) is 0 Å². The molecule has 0 atom stereocenters. The predicted molar refractivity (Wildman–Crippen MR) is 122 cm³/mol. The van der Waals surface area contributed by atoms with E-state index in [2.05, 4.69) is 31.2 Å². The van der Waals surface area contributed by atoms with Crippen LogP contribution in [0.2, 0.25) is 0 Å². The number of halogens is 2. The van der Waals surface area contributed by atoms with E-state index in [1.54, 1.807) is 18.2 Å². The van der Waals surface area contributed by atoms with Crippen molar-refractivity contribution in [3.63, 3.8) is 0 Å². The number of benzene rings is 2. The van der Waals surface area contributed by atoms with Gasteiger partial charge in [-0.25, -0.2) is 23.5 Å². The van der Waals surface area contributed by atoms with Crippen LogP contribution in [0.5, 0.6) is 0 Å². The summed E-state index contributed by atoms with van der Waals surface area (Å²) in [5, 5.41) is 16.3. The van der Waals surface area contributed by atoms with Gasteiger partial charge in [0.15, 0.2) is 5.82 Å². The standard InChI is InChI=1S/C12H7F2N5.C12H11N3O/c13-8-2-1-3-9(14)11(8)19-7-17-18-12(19)10-4-5-15-6-16-10;13-7-8-4-5-11-10(6-8)14-12(16)15(11)9-2-1-3-9/h1-7H;4-6,9H,1-3H2,(H,14,16). The lowest BCUT2D eigenvalue weighted by molar-refractivity contribution is 0.314. The van der Waals surface area contributed by atoms with Crippen LogP contribution in [0.3, 0.4) is 0 Å². The minimum absolute atomic E-state index is 0.0604. The normalized spacial score (nSPS) is 13.1. The maximum atomic E-state index is 13.8. The Bertz CT molecular complexity index is 1580. The number of H-pyrrole nitrogens is 1. The molecule has 0 unspecified atom stereocenters. The number of aromatic nitrogens is 7. The van der Waals surface area contributed by atoms with Crippen LogP contribution in [-0.4, -0.2) is 34.3 Å². The van der Waals surface area contributed by atoms with E-state index in [0.717, 1.165) is 23.9 Å². The van der Waals surface area contributed by atoms with E-state index in [4.69, 9.17) is 5.26 Å². The highest BCUT2D eigenvalue weighted by Gasteiger charge is 2.23. The molecule has 0 bridgehead atoms. The number of nitrogens with one attached hydrogen (secondary N) is 1. The molecule has 1 fully saturated rings. The van der Waals surface area contributed by atoms with Crippen LogP contribution in [-0.2, 0) is 0 Å². The third kappa shape index (κ3) is 4.17. The smallest absolute Gasteiger partial charge is 0.305 e. The zero-order valence-corrected chi connectivity index (χ0v) is 18.3. The van der Waals surface area contributed by atoms with Gasteiger partial charge in [0.2, 0.25) is 0 Å². The van der Waals surface area contributed by atoms with E-state index < -0.39 is 11.6 Å². The van der Waals surface area contributed by atoms with Crippen LogP contribution in [0.4, 0.5) is 8.78 Å². The molecule has 0 spiro atoms. The van der Waals surface area contributed by atoms with Crippen molar-refractivity contribution < 1.29 is 8.78 Å². The number of para-hydroxylation sites is 1. The number of hydrogen-bond acceptors (Lipinski definition) is 6. The summed E-state index contributed by atoms with van der Waals surface area (Å²) in [5.41, 5.74) is 2.38. The highest BCUT2D eigenvalue weighted by Crippen LogP contribution is 2.32. The van der Waals surface area contributed by atoms with Crippen LogP contribution in [0, 0.1) is 23.0 Å². The van der Waals surface area contributed by atoms with Gasteiger partial charge in [0.25, 0.3) is 0 Å². The van der Waals surface area contributed by atoms with Gasteiger partial charge in [-0.3, -0.25) is 9.13 Å². The lowest BCUT2D eigenvalue weighted by atomic mass is 9.93. The Hall–Kier alpha value is -4.72. The summed E-state index contributed by atoms with van der Waals surface area (Å²) in [6, 6.07) is 13.0. The predicted octanol–water partition coefficient (Wildman–Crippen LogP) is 3.93. The van der Waals surface area contributed by atoms with Gasteiger partial charge in [-0.15, -0.1) is 10.2 Å². The summed E-state index contributed by atoms with van der Waals surface area (Å²) in [6.45, 7) is 0. The fourth-order valence-electron chi connectivity index (χ4n) is 3.92. The molecule has 0 aliphatic heterocycles. The number of rotatable bonds is 3. The lowest BCUT2D eigenvalue weighted by Gasteiger charge is -2.26. The van der Waals surface area contributed by atoms with E-state index in [-0.39, 0.29) is 17.2 Å². The van der Waals surface area contributed by atoms with Crippen molar-refractivity contribution in [3.05, 3.63) is 89.0 Å². The third-order valence-corrected chi connectivity index (χ3v) is 5.82. The first-order valence-electron chi connectivity index (χ1n) is 10.8. The molecule has 3 heterocycles. The first kappa shape index (κ1) is 22.1. The molecule has 2 aromatic carbocycles. The third-order valence-electron chi connectivity index (χ3n) is 5.82. The summed E-state index contributed by atoms with van der Waals surface area (Å²) in [7, 11) is 0. The first-order valence-corrected chi connectivity index (χ1v) is 10.8. The molecule has 35 heavy (non-hydrogen) atoms. The summed E-state index contributed by atoms with van der Waals surface area (Å²) in [6.07, 6.45) is 7.42. The van der Waals surface area contributed by atoms with E-state index in [9.17, 15) is 13.6 Å². The zero-order chi connectivity index (χ0) is 24.4. The summed E-state index contributed by atoms with van der Waals surface area (Å²) < 4.78 is 30.6. The molecule has 1 aliphatic rings. The van der Waals surface area contributed by atoms with Gasteiger partial charge < -0.3 is 4.98 Å². The molecule has 174 valence electrons. The average Bonchev–Trinajstić information content (AvgIpc) is 3.43. The van der Waals surface area contributed by atoms with Gasteiger partial charge in [-0.2, -0.15) is 5.26 Å². The van der Waals surface area contributed by atoms with Crippen LogP contribution in [0.1, 0.15) is 30.9 Å². The molecule has 0 amide bonds. The zero-order valence-electron chi connectivity index (χ0n) is 18.3. The van der Waals surface area contributed by atoms with Gasteiger partial charge in [0, 0.05) is 12.2 Å². The number of nitrogens with zero attached hydrogens (tertiary/aromatic N) is 7. The van der Waals surface area contributed by atoms with Gasteiger partial charge in [-0.1, -0.05) is 6.07 Å². The Morgan fingerprint density at radius 3 is 2.57 bits per heavy atom. The topological polar surface area (TPSA) is 118 Å². The average molecular weight is 472 g/mol. The Balaban J connectivity index is 0.000000147. The minimum Gasteiger partial charge on any atom is -0.305 e. The Labute approximate surface area is 197 Å². The van der Waals surface area contributed by atoms with Gasteiger partial charge in [0.05, 0.1) is 22.7 Å². The van der Waals surface area contributed by atoms with Crippen molar-refractivity contribution in [2.24, 2.45) is 0 Å². The van der Waals surface area contributed by atoms with Crippen LogP contribution < -0.4 is 5.69 Å². The molecule has 6 rings (SSSR count). The minimum atomic E-state index is -0.699. The molecule has 0 saturated heterocycles. The van der Waals surface area contributed by atoms with Crippen LogP contribution >= 0.6 is 0 Å². The maximum absolute atomic E-state index is 13.8. The highest BCUT2D eigenvalue weighted by atomic mass is 19.1. The van der Waals surface area contributed by atoms with Crippen molar-refractivity contribution >= 4 is 11.0 Å². The van der Waals surface area contributed by atoms with E-state index >= 15 is 0 Å². The summed E-state index contributed by atoms with van der Waals surface area (Å²) in [5.74, 6) is -1.16. The molecule has 1 saturated carbocycles. The largest absolute Gasteiger partial charge is 0.326 e. The highest BCUT2D eigenvalue weighted by molar-refractivity contribution is 5.77. The second-order valence-corrected chi connectivity index (χ2v) is 7.92. The van der Waals surface area contributed by atoms with E-state index in [1.807, 2.05) is 10.6 Å². The number of hydrogen-bond donors (Lipinski definition) is 1. The molecule has 9 nitrogen and oxygen atoms in total. The molecule has 0 radical (unpaired) electrons. The summed E-state index contributed by atoms with van der Waals surface area (Å²) >= 11 is 0. The molecular formula is C24H18F2N8O. The van der Waals surface area contributed by atoms with Gasteiger partial charge in [0.1, 0.15) is 35.7 Å². The molecule has 1 aliphatic carbocycles. The van der Waals surface area contributed by atoms with E-state index in [0.29, 0.717) is 17.3 Å². The number of aromatic amines is 1. The first-order chi connectivity index (χ1) is 17.1. The fourth-order valence-corrected chi connectivity index (χ4v) is 3.92. The SMILES string of the molecule is Fc1cccc(F)c1-n1cnnc1-c1ccncn1.N#Cc1ccc2c(c1)[nH]c(=O)n2C1CCC1. The molecule has 3 aromatic heterocycles. The Morgan fingerprint density at radius 2 is 1.91 bits per heavy atom. The van der Waals surface area contributed by atoms with Gasteiger partial charge >= 0.3 is 5.69 Å². The van der Waals surface area contributed by atoms with Crippen molar-refractivity contribution in [2.45, 2.75) is 25.3 Å². The van der Waals surface area contributed by atoms with Crippen molar-refractivity contribution in [1.29, 1.82) is 5.26 Å². The molecule has 1 N–H and O–H groups in total. The fraction of sp³-hybridized carbons (Fsp3) is 0.167. The van der Waals surface area contributed by atoms with E-state index in [1.165, 1.54) is 48.0 Å². The quantitative estimate of drug-likeness (QED) is 0.425. The molecule has 11 heteroatoms. The van der Waals surface area contributed by atoms with Crippen molar-refractivity contribution in [1.82, 2.24) is 34.3 Å². The summed E-state index contributed by atoms with van der Waals surface area (Å²) in [4.78, 5) is 22.4. The molecular weight excluding hydrogens is 454 g/mol. The lowest BCUT2D eigenvalue weighted by Crippen LogP contribution is -2.26. The van der Waals surface area contributed by atoms with Gasteiger partial charge in [-0.05, 0) is 55.7 Å². The second-order valence-electron chi connectivity index (χ2n) is 7.92. The van der Waals surface area contributed by atoms with Crippen LogP contribution in [0.15, 0.2) is 66.1 Å². The van der Waals surface area contributed by atoms with Crippen molar-refractivity contribution in [3.8, 4) is 23.3 Å². The number of fused-ring (bicyclic) bond motifs is 1. The number of imidazole rings is 1.